The lowest BCUT2D eigenvalue weighted by Gasteiger charge is -2.33. The fourth-order valence-corrected chi connectivity index (χ4v) is 3.86. The summed E-state index contributed by atoms with van der Waals surface area (Å²) in [5.41, 5.74) is 0. The zero-order valence-corrected chi connectivity index (χ0v) is 16.0. The number of hydrogen-bond donors (Lipinski definition) is 2. The average molecular weight is 374 g/mol. The van der Waals surface area contributed by atoms with Gasteiger partial charge in [-0.2, -0.15) is 0 Å². The summed E-state index contributed by atoms with van der Waals surface area (Å²) < 4.78 is 0. The Labute approximate surface area is 154 Å². The quantitative estimate of drug-likeness (QED) is 0.772. The topological polar surface area (TPSA) is 61.4 Å². The molecule has 0 spiro atoms. The molecule has 24 heavy (non-hydrogen) atoms. The number of nitrogens with zero attached hydrogens (tertiary/aromatic N) is 1. The molecular weight excluding hydrogens is 346 g/mol. The number of carbonyl (C=O) groups is 2. The molecule has 2 N–H and O–H groups in total. The van der Waals surface area contributed by atoms with E-state index in [-0.39, 0.29) is 30.3 Å². The molecule has 1 aliphatic heterocycles. The van der Waals surface area contributed by atoms with Crippen LogP contribution in [-0.4, -0.2) is 43.4 Å². The standard InChI is InChI=1S/C17H27N3O2S.ClH/c1-13(21)19-15(16-4-3-11-23-16)12-17(22)20-9-6-14(7-10-20)5-8-18-2;/h3-4,11,14-15,18H,5-10,12H2,1-2H3,(H,19,21);1H. The lowest BCUT2D eigenvalue weighted by Crippen LogP contribution is -2.41. The number of carbonyl (C=O) groups excluding carboxylic acids is 2. The number of piperidine rings is 1. The predicted molar refractivity (Wildman–Crippen MR) is 101 cm³/mol. The molecule has 1 saturated heterocycles. The Balaban J connectivity index is 0.00000288. The van der Waals surface area contributed by atoms with E-state index >= 15 is 0 Å². The van der Waals surface area contributed by atoms with Crippen LogP contribution >= 0.6 is 23.7 Å². The maximum atomic E-state index is 12.6. The number of likely N-dealkylation sites (tertiary alicyclic amines) is 1. The fourth-order valence-electron chi connectivity index (χ4n) is 3.08. The monoisotopic (exact) mass is 373 g/mol. The van der Waals surface area contributed by atoms with Gasteiger partial charge in [0.05, 0.1) is 12.5 Å². The summed E-state index contributed by atoms with van der Waals surface area (Å²) in [5, 5.41) is 8.07. The van der Waals surface area contributed by atoms with Crippen molar-refractivity contribution in [2.75, 3.05) is 26.7 Å². The molecule has 0 saturated carbocycles. The molecule has 2 heterocycles. The summed E-state index contributed by atoms with van der Waals surface area (Å²) in [5.74, 6) is 0.765. The van der Waals surface area contributed by atoms with Gasteiger partial charge in [0.1, 0.15) is 0 Å². The van der Waals surface area contributed by atoms with Crippen LogP contribution in [0, 0.1) is 5.92 Å². The van der Waals surface area contributed by atoms with Crippen molar-refractivity contribution in [2.45, 2.75) is 38.6 Å². The molecule has 0 aromatic carbocycles. The first kappa shape index (κ1) is 20.9. The van der Waals surface area contributed by atoms with Crippen LogP contribution in [0.4, 0.5) is 0 Å². The van der Waals surface area contributed by atoms with Crippen molar-refractivity contribution in [1.82, 2.24) is 15.5 Å². The van der Waals surface area contributed by atoms with E-state index in [2.05, 4.69) is 10.6 Å². The molecule has 1 atom stereocenters. The molecule has 7 heteroatoms. The number of thiophene rings is 1. The molecule has 1 aromatic rings. The summed E-state index contributed by atoms with van der Waals surface area (Å²) in [7, 11) is 1.98. The molecule has 0 radical (unpaired) electrons. The first-order chi connectivity index (χ1) is 11.1. The normalized spacial score (nSPS) is 16.3. The largest absolute Gasteiger partial charge is 0.348 e. The van der Waals surface area contributed by atoms with Crippen LogP contribution in [0.2, 0.25) is 0 Å². The summed E-state index contributed by atoms with van der Waals surface area (Å²) in [6, 6.07) is 3.72. The minimum absolute atomic E-state index is 0. The highest BCUT2D eigenvalue weighted by Crippen LogP contribution is 2.25. The number of hydrogen-bond acceptors (Lipinski definition) is 4. The van der Waals surface area contributed by atoms with Crippen molar-refractivity contribution in [3.05, 3.63) is 22.4 Å². The first-order valence-electron chi connectivity index (χ1n) is 8.33. The summed E-state index contributed by atoms with van der Waals surface area (Å²) in [4.78, 5) is 27.0. The van der Waals surface area contributed by atoms with Gasteiger partial charge in [0.2, 0.25) is 11.8 Å². The Morgan fingerprint density at radius 3 is 2.62 bits per heavy atom. The molecule has 1 aliphatic rings. The molecule has 1 fully saturated rings. The van der Waals surface area contributed by atoms with Crippen LogP contribution in [0.5, 0.6) is 0 Å². The van der Waals surface area contributed by atoms with Gasteiger partial charge < -0.3 is 15.5 Å². The SMILES string of the molecule is CNCCC1CCN(C(=O)CC(NC(C)=O)c2cccs2)CC1.Cl. The zero-order chi connectivity index (χ0) is 16.7. The highest BCUT2D eigenvalue weighted by atomic mass is 35.5. The molecule has 2 amide bonds. The van der Waals surface area contributed by atoms with Gasteiger partial charge in [-0.3, -0.25) is 9.59 Å². The van der Waals surface area contributed by atoms with E-state index in [0.717, 1.165) is 43.3 Å². The van der Waals surface area contributed by atoms with E-state index < -0.39 is 0 Å². The number of halogens is 1. The van der Waals surface area contributed by atoms with Gasteiger partial charge in [0, 0.05) is 24.9 Å². The van der Waals surface area contributed by atoms with Gasteiger partial charge in [-0.05, 0) is 50.2 Å². The van der Waals surface area contributed by atoms with E-state index in [1.165, 1.54) is 13.3 Å². The third-order valence-electron chi connectivity index (χ3n) is 4.41. The molecule has 1 unspecified atom stereocenters. The molecule has 136 valence electrons. The predicted octanol–water partition coefficient (Wildman–Crippen LogP) is 2.59. The number of nitrogens with one attached hydrogen (secondary N) is 2. The Morgan fingerprint density at radius 2 is 2.08 bits per heavy atom. The summed E-state index contributed by atoms with van der Waals surface area (Å²) >= 11 is 1.58. The zero-order valence-electron chi connectivity index (χ0n) is 14.4. The minimum atomic E-state index is -0.206. The lowest BCUT2D eigenvalue weighted by molar-refractivity contribution is -0.133. The van der Waals surface area contributed by atoms with E-state index in [9.17, 15) is 9.59 Å². The molecule has 2 rings (SSSR count). The minimum Gasteiger partial charge on any atom is -0.348 e. The Kier molecular flexibility index (Phi) is 9.33. The van der Waals surface area contributed by atoms with E-state index in [4.69, 9.17) is 0 Å². The van der Waals surface area contributed by atoms with Crippen LogP contribution in [0.15, 0.2) is 17.5 Å². The average Bonchev–Trinajstić information content (AvgIpc) is 3.06. The Hall–Kier alpha value is -1.11. The highest BCUT2D eigenvalue weighted by molar-refractivity contribution is 7.10. The second-order valence-electron chi connectivity index (χ2n) is 6.19. The van der Waals surface area contributed by atoms with Crippen molar-refractivity contribution >= 4 is 35.6 Å². The maximum Gasteiger partial charge on any atom is 0.225 e. The van der Waals surface area contributed by atoms with Gasteiger partial charge in [0.25, 0.3) is 0 Å². The number of rotatable bonds is 7. The van der Waals surface area contributed by atoms with Crippen LogP contribution < -0.4 is 10.6 Å². The van der Waals surface area contributed by atoms with Gasteiger partial charge in [-0.25, -0.2) is 0 Å². The van der Waals surface area contributed by atoms with Crippen molar-refractivity contribution in [3.63, 3.8) is 0 Å². The van der Waals surface area contributed by atoms with Crippen LogP contribution in [-0.2, 0) is 9.59 Å². The molecule has 5 nitrogen and oxygen atoms in total. The summed E-state index contributed by atoms with van der Waals surface area (Å²) in [6.07, 6.45) is 3.69. The van der Waals surface area contributed by atoms with E-state index in [1.54, 1.807) is 11.3 Å². The fraction of sp³-hybridized carbons (Fsp3) is 0.647. The van der Waals surface area contributed by atoms with Crippen molar-refractivity contribution < 1.29 is 9.59 Å². The van der Waals surface area contributed by atoms with E-state index in [1.807, 2.05) is 29.5 Å². The molecule has 1 aromatic heterocycles. The highest BCUT2D eigenvalue weighted by Gasteiger charge is 2.25. The smallest absolute Gasteiger partial charge is 0.225 e. The molecule has 0 bridgehead atoms. The van der Waals surface area contributed by atoms with Crippen molar-refractivity contribution in [2.24, 2.45) is 5.92 Å². The third-order valence-corrected chi connectivity index (χ3v) is 5.40. The lowest BCUT2D eigenvalue weighted by atomic mass is 9.93. The third kappa shape index (κ3) is 6.42. The van der Waals surface area contributed by atoms with Gasteiger partial charge in [-0.1, -0.05) is 6.07 Å². The second-order valence-corrected chi connectivity index (χ2v) is 7.17. The van der Waals surface area contributed by atoms with Crippen LogP contribution in [0.1, 0.15) is 43.5 Å². The maximum absolute atomic E-state index is 12.6. The molecular formula is C17H28ClN3O2S. The second kappa shape index (κ2) is 10.7. The van der Waals surface area contributed by atoms with Crippen LogP contribution in [0.25, 0.3) is 0 Å². The first-order valence-corrected chi connectivity index (χ1v) is 9.21. The van der Waals surface area contributed by atoms with Crippen LogP contribution in [0.3, 0.4) is 0 Å². The van der Waals surface area contributed by atoms with Crippen molar-refractivity contribution in [1.29, 1.82) is 0 Å². The Morgan fingerprint density at radius 1 is 1.38 bits per heavy atom. The molecule has 0 aliphatic carbocycles. The number of amides is 2. The van der Waals surface area contributed by atoms with Gasteiger partial charge in [-0.15, -0.1) is 23.7 Å². The Bertz CT molecular complexity index is 502. The van der Waals surface area contributed by atoms with Crippen molar-refractivity contribution in [3.8, 4) is 0 Å². The van der Waals surface area contributed by atoms with E-state index in [0.29, 0.717) is 6.42 Å². The van der Waals surface area contributed by atoms with Gasteiger partial charge >= 0.3 is 0 Å². The summed E-state index contributed by atoms with van der Waals surface area (Å²) in [6.45, 7) is 4.22. The van der Waals surface area contributed by atoms with Gasteiger partial charge in [0.15, 0.2) is 0 Å².